The first-order chi connectivity index (χ1) is 9.08. The molecule has 0 atom stereocenters. The Hall–Kier alpha value is -1.44. The zero-order valence-electron chi connectivity index (χ0n) is 11.8. The molecule has 0 saturated carbocycles. The van der Waals surface area contributed by atoms with Gasteiger partial charge >= 0.3 is 0 Å². The van der Waals surface area contributed by atoms with E-state index in [0.717, 1.165) is 0 Å². The third-order valence-corrected chi connectivity index (χ3v) is 3.26. The van der Waals surface area contributed by atoms with Crippen LogP contribution in [0.5, 0.6) is 0 Å². The molecule has 0 aliphatic rings. The molecule has 0 unspecified atom stereocenters. The standard InChI is InChI=1S/C13H20N2O4S/c1-13(2,3)19-9-12(16)15-8-10-5-4-6-11(7-10)20(14,17)18/h4-7H,8-9H2,1-3H3,(H,15,16)(H2,14,17,18). The predicted octanol–water partition coefficient (Wildman–Crippen LogP) is 0.765. The van der Waals surface area contributed by atoms with E-state index in [0.29, 0.717) is 5.56 Å². The Morgan fingerprint density at radius 2 is 2.00 bits per heavy atom. The van der Waals surface area contributed by atoms with Crippen molar-refractivity contribution < 1.29 is 17.9 Å². The normalized spacial score (nSPS) is 12.2. The van der Waals surface area contributed by atoms with Gasteiger partial charge in [-0.1, -0.05) is 12.1 Å². The number of carbonyl (C=O) groups excluding carboxylic acids is 1. The SMILES string of the molecule is CC(C)(C)OCC(=O)NCc1cccc(S(N)(=O)=O)c1. The molecule has 20 heavy (non-hydrogen) atoms. The highest BCUT2D eigenvalue weighted by molar-refractivity contribution is 7.89. The summed E-state index contributed by atoms with van der Waals surface area (Å²) in [6.45, 7) is 5.75. The Labute approximate surface area is 119 Å². The second-order valence-corrected chi connectivity index (χ2v) is 6.93. The lowest BCUT2D eigenvalue weighted by molar-refractivity contribution is -0.130. The minimum Gasteiger partial charge on any atom is -0.366 e. The Bertz CT molecular complexity index is 576. The van der Waals surface area contributed by atoms with E-state index in [2.05, 4.69) is 5.32 Å². The summed E-state index contributed by atoms with van der Waals surface area (Å²) in [5.41, 5.74) is 0.269. The number of hydrogen-bond acceptors (Lipinski definition) is 4. The number of primary sulfonamides is 1. The molecule has 1 rings (SSSR count). The topological polar surface area (TPSA) is 98.5 Å². The highest BCUT2D eigenvalue weighted by Crippen LogP contribution is 2.10. The first-order valence-corrected chi connectivity index (χ1v) is 7.65. The molecule has 1 aromatic carbocycles. The van der Waals surface area contributed by atoms with Crippen molar-refractivity contribution in [2.45, 2.75) is 37.8 Å². The molecule has 6 nitrogen and oxygen atoms in total. The van der Waals surface area contributed by atoms with Gasteiger partial charge in [0.15, 0.2) is 0 Å². The number of nitrogens with two attached hydrogens (primary N) is 1. The number of hydrogen-bond donors (Lipinski definition) is 2. The summed E-state index contributed by atoms with van der Waals surface area (Å²) in [5, 5.41) is 7.69. The number of amides is 1. The molecule has 1 amide bonds. The summed E-state index contributed by atoms with van der Waals surface area (Å²) >= 11 is 0. The Balaban J connectivity index is 2.56. The fourth-order valence-electron chi connectivity index (χ4n) is 1.37. The van der Waals surface area contributed by atoms with Crippen molar-refractivity contribution in [2.24, 2.45) is 5.14 Å². The maximum atomic E-state index is 11.6. The number of rotatable bonds is 5. The minimum atomic E-state index is -3.73. The van der Waals surface area contributed by atoms with Crippen LogP contribution in [0.15, 0.2) is 29.2 Å². The molecule has 0 radical (unpaired) electrons. The second-order valence-electron chi connectivity index (χ2n) is 5.37. The summed E-state index contributed by atoms with van der Waals surface area (Å²) in [5.74, 6) is -0.263. The lowest BCUT2D eigenvalue weighted by Crippen LogP contribution is -2.31. The molecule has 0 aliphatic heterocycles. The van der Waals surface area contributed by atoms with Gasteiger partial charge in [-0.2, -0.15) is 0 Å². The summed E-state index contributed by atoms with van der Waals surface area (Å²) in [6, 6.07) is 6.12. The number of ether oxygens (including phenoxy) is 1. The first kappa shape index (κ1) is 16.6. The van der Waals surface area contributed by atoms with Crippen LogP contribution in [0.3, 0.4) is 0 Å². The molecule has 7 heteroatoms. The second kappa shape index (κ2) is 6.34. The van der Waals surface area contributed by atoms with E-state index in [-0.39, 0.29) is 29.6 Å². The molecule has 0 spiro atoms. The van der Waals surface area contributed by atoms with Crippen molar-refractivity contribution in [2.75, 3.05) is 6.61 Å². The molecule has 0 aromatic heterocycles. The van der Waals surface area contributed by atoms with Gasteiger partial charge in [0.2, 0.25) is 15.9 Å². The number of carbonyl (C=O) groups is 1. The average molecular weight is 300 g/mol. The van der Waals surface area contributed by atoms with Gasteiger partial charge < -0.3 is 10.1 Å². The molecule has 3 N–H and O–H groups in total. The molecular formula is C13H20N2O4S. The van der Waals surface area contributed by atoms with Crippen molar-refractivity contribution in [3.63, 3.8) is 0 Å². The predicted molar refractivity (Wildman–Crippen MR) is 75.4 cm³/mol. The van der Waals surface area contributed by atoms with Crippen LogP contribution in [0.2, 0.25) is 0 Å². The lowest BCUT2D eigenvalue weighted by Gasteiger charge is -2.19. The summed E-state index contributed by atoms with van der Waals surface area (Å²) < 4.78 is 27.7. The molecule has 0 aliphatic carbocycles. The van der Waals surface area contributed by atoms with Crippen LogP contribution in [-0.4, -0.2) is 26.5 Å². The van der Waals surface area contributed by atoms with Gasteiger partial charge in [0, 0.05) is 6.54 Å². The van der Waals surface area contributed by atoms with E-state index in [9.17, 15) is 13.2 Å². The van der Waals surface area contributed by atoms with Crippen LogP contribution < -0.4 is 10.5 Å². The van der Waals surface area contributed by atoms with E-state index in [1.807, 2.05) is 20.8 Å². The Kier molecular flexibility index (Phi) is 5.27. The van der Waals surface area contributed by atoms with Gasteiger partial charge in [0.25, 0.3) is 0 Å². The highest BCUT2D eigenvalue weighted by atomic mass is 32.2. The van der Waals surface area contributed by atoms with Gasteiger partial charge in [0.1, 0.15) is 6.61 Å². The van der Waals surface area contributed by atoms with Gasteiger partial charge in [-0.05, 0) is 38.5 Å². The highest BCUT2D eigenvalue weighted by Gasteiger charge is 2.13. The van der Waals surface area contributed by atoms with Crippen molar-refractivity contribution >= 4 is 15.9 Å². The van der Waals surface area contributed by atoms with Gasteiger partial charge in [0.05, 0.1) is 10.5 Å². The zero-order valence-corrected chi connectivity index (χ0v) is 12.7. The summed E-state index contributed by atoms with van der Waals surface area (Å²) in [7, 11) is -3.73. The molecule has 0 bridgehead atoms. The molecule has 0 saturated heterocycles. The molecular weight excluding hydrogens is 280 g/mol. The van der Waals surface area contributed by atoms with E-state index in [1.165, 1.54) is 12.1 Å². The van der Waals surface area contributed by atoms with Gasteiger partial charge in [-0.25, -0.2) is 13.6 Å². The molecule has 0 heterocycles. The van der Waals surface area contributed by atoms with Crippen molar-refractivity contribution in [1.29, 1.82) is 0 Å². The fraction of sp³-hybridized carbons (Fsp3) is 0.462. The molecule has 112 valence electrons. The van der Waals surface area contributed by atoms with Gasteiger partial charge in [-0.3, -0.25) is 4.79 Å². The van der Waals surface area contributed by atoms with Crippen LogP contribution >= 0.6 is 0 Å². The first-order valence-electron chi connectivity index (χ1n) is 6.10. The lowest BCUT2D eigenvalue weighted by atomic mass is 10.2. The summed E-state index contributed by atoms with van der Waals surface area (Å²) in [6.07, 6.45) is 0. The van der Waals surface area contributed by atoms with Crippen LogP contribution in [0.25, 0.3) is 0 Å². The number of sulfonamides is 1. The average Bonchev–Trinajstić information content (AvgIpc) is 2.32. The Morgan fingerprint density at radius 3 is 2.55 bits per heavy atom. The molecule has 0 fully saturated rings. The largest absolute Gasteiger partial charge is 0.366 e. The van der Waals surface area contributed by atoms with Gasteiger partial charge in [-0.15, -0.1) is 0 Å². The minimum absolute atomic E-state index is 0.0233. The third-order valence-electron chi connectivity index (χ3n) is 2.35. The number of nitrogens with one attached hydrogen (secondary N) is 1. The maximum absolute atomic E-state index is 11.6. The van der Waals surface area contributed by atoms with Crippen LogP contribution in [0.4, 0.5) is 0 Å². The zero-order chi connectivity index (χ0) is 15.4. The van der Waals surface area contributed by atoms with Crippen molar-refractivity contribution in [3.8, 4) is 0 Å². The van der Waals surface area contributed by atoms with E-state index in [1.54, 1.807) is 12.1 Å². The van der Waals surface area contributed by atoms with Crippen LogP contribution in [0.1, 0.15) is 26.3 Å². The summed E-state index contributed by atoms with van der Waals surface area (Å²) in [4.78, 5) is 11.6. The third kappa shape index (κ3) is 6.14. The van der Waals surface area contributed by atoms with Crippen molar-refractivity contribution in [1.82, 2.24) is 5.32 Å². The van der Waals surface area contributed by atoms with E-state index >= 15 is 0 Å². The van der Waals surface area contributed by atoms with E-state index < -0.39 is 10.0 Å². The smallest absolute Gasteiger partial charge is 0.246 e. The van der Waals surface area contributed by atoms with Crippen molar-refractivity contribution in [3.05, 3.63) is 29.8 Å². The van der Waals surface area contributed by atoms with Crippen LogP contribution in [-0.2, 0) is 26.1 Å². The molecule has 1 aromatic rings. The monoisotopic (exact) mass is 300 g/mol. The quantitative estimate of drug-likeness (QED) is 0.839. The van der Waals surface area contributed by atoms with E-state index in [4.69, 9.17) is 9.88 Å². The maximum Gasteiger partial charge on any atom is 0.246 e. The fourth-order valence-corrected chi connectivity index (χ4v) is 1.95. The Morgan fingerprint density at radius 1 is 1.35 bits per heavy atom. The van der Waals surface area contributed by atoms with Crippen LogP contribution in [0, 0.1) is 0 Å². The number of benzene rings is 1.